The standard InChI is InChI=1S/C12H18N2O2/c1-9-4-5-11(16-3)10(8-9)12(15)14-7-6-13-2/h4-5,8,13H,6-7H2,1-3H3,(H,14,15). The summed E-state index contributed by atoms with van der Waals surface area (Å²) in [5.41, 5.74) is 1.62. The Morgan fingerprint density at radius 1 is 1.38 bits per heavy atom. The molecular formula is C12H18N2O2. The molecular weight excluding hydrogens is 204 g/mol. The first-order valence-corrected chi connectivity index (χ1v) is 5.26. The Hall–Kier alpha value is -1.55. The lowest BCUT2D eigenvalue weighted by atomic mass is 10.1. The van der Waals surface area contributed by atoms with E-state index < -0.39 is 0 Å². The number of hydrogen-bond acceptors (Lipinski definition) is 3. The molecule has 0 unspecified atom stereocenters. The molecule has 4 nitrogen and oxygen atoms in total. The first-order valence-electron chi connectivity index (χ1n) is 5.26. The van der Waals surface area contributed by atoms with Crippen molar-refractivity contribution in [3.8, 4) is 5.75 Å². The van der Waals surface area contributed by atoms with Gasteiger partial charge < -0.3 is 15.4 Å². The number of aryl methyl sites for hydroxylation is 1. The van der Waals surface area contributed by atoms with Crippen molar-refractivity contribution < 1.29 is 9.53 Å². The molecule has 0 spiro atoms. The summed E-state index contributed by atoms with van der Waals surface area (Å²) in [6.45, 7) is 3.30. The lowest BCUT2D eigenvalue weighted by molar-refractivity contribution is 0.0951. The molecule has 4 heteroatoms. The van der Waals surface area contributed by atoms with Crippen LogP contribution in [0.3, 0.4) is 0 Å². The molecule has 0 aliphatic carbocycles. The van der Waals surface area contributed by atoms with E-state index in [1.807, 2.05) is 32.2 Å². The number of carbonyl (C=O) groups is 1. The van der Waals surface area contributed by atoms with Crippen molar-refractivity contribution in [1.82, 2.24) is 10.6 Å². The summed E-state index contributed by atoms with van der Waals surface area (Å²) >= 11 is 0. The van der Waals surface area contributed by atoms with Gasteiger partial charge in [-0.25, -0.2) is 0 Å². The van der Waals surface area contributed by atoms with Crippen LogP contribution in [-0.2, 0) is 0 Å². The molecule has 0 atom stereocenters. The Bertz CT molecular complexity index is 364. The first-order chi connectivity index (χ1) is 7.69. The molecule has 1 rings (SSSR count). The molecule has 1 aromatic carbocycles. The fourth-order valence-electron chi connectivity index (χ4n) is 1.40. The molecule has 1 amide bonds. The van der Waals surface area contributed by atoms with Gasteiger partial charge in [-0.2, -0.15) is 0 Å². The van der Waals surface area contributed by atoms with Gasteiger partial charge in [0.05, 0.1) is 12.7 Å². The van der Waals surface area contributed by atoms with Crippen LogP contribution >= 0.6 is 0 Å². The Morgan fingerprint density at radius 3 is 2.75 bits per heavy atom. The van der Waals surface area contributed by atoms with Gasteiger partial charge in [0.2, 0.25) is 0 Å². The van der Waals surface area contributed by atoms with Crippen LogP contribution in [0.5, 0.6) is 5.75 Å². The van der Waals surface area contributed by atoms with E-state index in [0.717, 1.165) is 12.1 Å². The molecule has 0 aromatic heterocycles. The van der Waals surface area contributed by atoms with E-state index in [0.29, 0.717) is 17.9 Å². The van der Waals surface area contributed by atoms with E-state index in [9.17, 15) is 4.79 Å². The van der Waals surface area contributed by atoms with E-state index in [1.54, 1.807) is 7.11 Å². The smallest absolute Gasteiger partial charge is 0.255 e. The molecule has 88 valence electrons. The van der Waals surface area contributed by atoms with Crippen molar-refractivity contribution in [1.29, 1.82) is 0 Å². The van der Waals surface area contributed by atoms with Gasteiger partial charge in [-0.15, -0.1) is 0 Å². The minimum atomic E-state index is -0.101. The number of ether oxygens (including phenoxy) is 1. The number of benzene rings is 1. The van der Waals surface area contributed by atoms with Crippen molar-refractivity contribution in [3.63, 3.8) is 0 Å². The number of carbonyl (C=O) groups excluding carboxylic acids is 1. The zero-order valence-corrected chi connectivity index (χ0v) is 9.96. The molecule has 0 heterocycles. The number of hydrogen-bond donors (Lipinski definition) is 2. The maximum atomic E-state index is 11.8. The van der Waals surface area contributed by atoms with Gasteiger partial charge in [0, 0.05) is 13.1 Å². The quantitative estimate of drug-likeness (QED) is 0.729. The zero-order valence-electron chi connectivity index (χ0n) is 9.96. The molecule has 0 bridgehead atoms. The van der Waals surface area contributed by atoms with Crippen LogP contribution in [0.2, 0.25) is 0 Å². The molecule has 0 saturated heterocycles. The minimum Gasteiger partial charge on any atom is -0.496 e. The van der Waals surface area contributed by atoms with Crippen molar-refractivity contribution in [2.24, 2.45) is 0 Å². The molecule has 0 aliphatic rings. The van der Waals surface area contributed by atoms with Crippen LogP contribution in [0.15, 0.2) is 18.2 Å². The highest BCUT2D eigenvalue weighted by Gasteiger charge is 2.11. The summed E-state index contributed by atoms with van der Waals surface area (Å²) in [4.78, 5) is 11.8. The van der Waals surface area contributed by atoms with Crippen LogP contribution in [0.4, 0.5) is 0 Å². The van der Waals surface area contributed by atoms with Gasteiger partial charge in [-0.3, -0.25) is 4.79 Å². The second kappa shape index (κ2) is 6.12. The highest BCUT2D eigenvalue weighted by Crippen LogP contribution is 2.19. The normalized spacial score (nSPS) is 9.94. The van der Waals surface area contributed by atoms with Gasteiger partial charge in [0.25, 0.3) is 5.91 Å². The summed E-state index contributed by atoms with van der Waals surface area (Å²) < 4.78 is 5.15. The topological polar surface area (TPSA) is 50.4 Å². The Kier molecular flexibility index (Phi) is 4.79. The Morgan fingerprint density at radius 2 is 2.12 bits per heavy atom. The molecule has 16 heavy (non-hydrogen) atoms. The summed E-state index contributed by atoms with van der Waals surface area (Å²) in [6, 6.07) is 5.55. The second-order valence-corrected chi connectivity index (χ2v) is 3.56. The molecule has 0 radical (unpaired) electrons. The average molecular weight is 222 g/mol. The van der Waals surface area contributed by atoms with Gasteiger partial charge in [-0.05, 0) is 26.1 Å². The third kappa shape index (κ3) is 3.24. The Balaban J connectivity index is 2.76. The predicted molar refractivity (Wildman–Crippen MR) is 64.0 cm³/mol. The molecule has 0 saturated carbocycles. The predicted octanol–water partition coefficient (Wildman–Crippen LogP) is 0.953. The lowest BCUT2D eigenvalue weighted by Gasteiger charge is -2.09. The van der Waals surface area contributed by atoms with Crippen LogP contribution in [0.25, 0.3) is 0 Å². The van der Waals surface area contributed by atoms with E-state index >= 15 is 0 Å². The van der Waals surface area contributed by atoms with Crippen LogP contribution < -0.4 is 15.4 Å². The van der Waals surface area contributed by atoms with Crippen molar-refractivity contribution in [2.75, 3.05) is 27.2 Å². The maximum Gasteiger partial charge on any atom is 0.255 e. The summed E-state index contributed by atoms with van der Waals surface area (Å²) in [5.74, 6) is 0.503. The zero-order chi connectivity index (χ0) is 12.0. The lowest BCUT2D eigenvalue weighted by Crippen LogP contribution is -2.30. The van der Waals surface area contributed by atoms with Crippen LogP contribution in [0, 0.1) is 6.92 Å². The molecule has 0 fully saturated rings. The van der Waals surface area contributed by atoms with Crippen molar-refractivity contribution in [3.05, 3.63) is 29.3 Å². The van der Waals surface area contributed by atoms with Crippen LogP contribution in [0.1, 0.15) is 15.9 Å². The number of nitrogens with one attached hydrogen (secondary N) is 2. The Labute approximate surface area is 96.0 Å². The second-order valence-electron chi connectivity index (χ2n) is 3.56. The minimum absolute atomic E-state index is 0.101. The van der Waals surface area contributed by atoms with E-state index in [2.05, 4.69) is 10.6 Å². The molecule has 0 aliphatic heterocycles. The van der Waals surface area contributed by atoms with Crippen molar-refractivity contribution >= 4 is 5.91 Å². The highest BCUT2D eigenvalue weighted by molar-refractivity contribution is 5.97. The third-order valence-electron chi connectivity index (χ3n) is 2.26. The number of methoxy groups -OCH3 is 1. The summed E-state index contributed by atoms with van der Waals surface area (Å²) in [5, 5.41) is 5.79. The van der Waals surface area contributed by atoms with Gasteiger partial charge >= 0.3 is 0 Å². The van der Waals surface area contributed by atoms with E-state index in [1.165, 1.54) is 0 Å². The van der Waals surface area contributed by atoms with Gasteiger partial charge in [0.1, 0.15) is 5.75 Å². The molecule has 1 aromatic rings. The van der Waals surface area contributed by atoms with E-state index in [-0.39, 0.29) is 5.91 Å². The SMILES string of the molecule is CNCCNC(=O)c1cc(C)ccc1OC. The number of likely N-dealkylation sites (N-methyl/N-ethyl adjacent to an activating group) is 1. The third-order valence-corrected chi connectivity index (χ3v) is 2.26. The van der Waals surface area contributed by atoms with Crippen LogP contribution in [-0.4, -0.2) is 33.2 Å². The van der Waals surface area contributed by atoms with Crippen molar-refractivity contribution in [2.45, 2.75) is 6.92 Å². The van der Waals surface area contributed by atoms with Gasteiger partial charge in [0.15, 0.2) is 0 Å². The van der Waals surface area contributed by atoms with E-state index in [4.69, 9.17) is 4.74 Å². The average Bonchev–Trinajstić information content (AvgIpc) is 2.29. The monoisotopic (exact) mass is 222 g/mol. The fourth-order valence-corrected chi connectivity index (χ4v) is 1.40. The highest BCUT2D eigenvalue weighted by atomic mass is 16.5. The summed E-state index contributed by atoms with van der Waals surface area (Å²) in [7, 11) is 3.41. The van der Waals surface area contributed by atoms with Gasteiger partial charge in [-0.1, -0.05) is 11.6 Å². The largest absolute Gasteiger partial charge is 0.496 e. The maximum absolute atomic E-state index is 11.8. The molecule has 2 N–H and O–H groups in total. The first kappa shape index (κ1) is 12.5. The number of amides is 1. The summed E-state index contributed by atoms with van der Waals surface area (Å²) in [6.07, 6.45) is 0. The number of rotatable bonds is 5. The fraction of sp³-hybridized carbons (Fsp3) is 0.417.